The summed E-state index contributed by atoms with van der Waals surface area (Å²) in [7, 11) is 1.44. The average Bonchev–Trinajstić information content (AvgIpc) is 3.60. The summed E-state index contributed by atoms with van der Waals surface area (Å²) in [5.74, 6) is 0.693. The van der Waals surface area contributed by atoms with Crippen LogP contribution in [0.5, 0.6) is 5.75 Å². The van der Waals surface area contributed by atoms with Gasteiger partial charge in [-0.25, -0.2) is 14.4 Å². The van der Waals surface area contributed by atoms with Crippen LogP contribution in [0.3, 0.4) is 0 Å². The zero-order valence-electron chi connectivity index (χ0n) is 20.0. The molecule has 1 amide bonds. The molecule has 1 aliphatic carbocycles. The van der Waals surface area contributed by atoms with Crippen molar-refractivity contribution in [3.63, 3.8) is 0 Å². The van der Waals surface area contributed by atoms with Gasteiger partial charge < -0.3 is 15.8 Å². The zero-order chi connectivity index (χ0) is 24.7. The molecular weight excluding hydrogens is 445 g/mol. The molecule has 5 rings (SSSR count). The molecule has 0 bridgehead atoms. The minimum absolute atomic E-state index is 0.179. The molecular formula is C27H28FN5O2. The second-order valence-corrected chi connectivity index (χ2v) is 9.38. The molecule has 4 aromatic rings. The Morgan fingerprint density at radius 1 is 1.23 bits per heavy atom. The lowest BCUT2D eigenvalue weighted by Gasteiger charge is -2.14. The lowest BCUT2D eigenvalue weighted by atomic mass is 9.98. The van der Waals surface area contributed by atoms with Gasteiger partial charge in [0.25, 0.3) is 0 Å². The molecule has 0 aliphatic heterocycles. The number of primary amides is 1. The highest BCUT2D eigenvalue weighted by molar-refractivity contribution is 5.95. The Balaban J connectivity index is 1.67. The van der Waals surface area contributed by atoms with Crippen LogP contribution in [0.1, 0.15) is 48.5 Å². The van der Waals surface area contributed by atoms with Gasteiger partial charge in [-0.2, -0.15) is 0 Å². The van der Waals surface area contributed by atoms with Gasteiger partial charge >= 0.3 is 0 Å². The van der Waals surface area contributed by atoms with E-state index in [0.717, 1.165) is 29.7 Å². The minimum atomic E-state index is -0.453. The van der Waals surface area contributed by atoms with Crippen molar-refractivity contribution in [1.82, 2.24) is 14.4 Å². The summed E-state index contributed by atoms with van der Waals surface area (Å²) in [5.41, 5.74) is 10.8. The smallest absolute Gasteiger partial charge is 0.248 e. The lowest BCUT2D eigenvalue weighted by Crippen LogP contribution is -2.13. The first-order chi connectivity index (χ1) is 16.9. The number of nitrogens with two attached hydrogens (primary N) is 1. The average molecular weight is 474 g/mol. The second kappa shape index (κ2) is 9.02. The fourth-order valence-corrected chi connectivity index (χ4v) is 4.26. The minimum Gasteiger partial charge on any atom is -0.494 e. The molecule has 1 aliphatic rings. The standard InChI is InChI=1S/C27H28FN5O2/c1-15(2)12-30-26-27-31-13-23(18-6-8-19(25(29)34)20(10-18)16-4-5-16)33(27)14-22(32-26)17-7-9-24(35-3)21(28)11-17/h6-11,13-16H,4-5,12H2,1-3H3,(H2,29,34)(H,30,32). The third-order valence-corrected chi connectivity index (χ3v) is 6.25. The molecule has 2 aromatic carbocycles. The maximum atomic E-state index is 14.5. The number of fused-ring (bicyclic) bond motifs is 1. The first kappa shape index (κ1) is 22.8. The maximum Gasteiger partial charge on any atom is 0.248 e. The van der Waals surface area contributed by atoms with E-state index in [1.54, 1.807) is 24.4 Å². The van der Waals surface area contributed by atoms with Crippen molar-refractivity contribution >= 4 is 17.4 Å². The van der Waals surface area contributed by atoms with Crippen LogP contribution in [0.25, 0.3) is 28.2 Å². The zero-order valence-corrected chi connectivity index (χ0v) is 20.0. The number of aromatic nitrogens is 3. The van der Waals surface area contributed by atoms with Crippen LogP contribution in [0, 0.1) is 11.7 Å². The quantitative estimate of drug-likeness (QED) is 0.364. The van der Waals surface area contributed by atoms with Crippen LogP contribution in [0.2, 0.25) is 0 Å². The Hall–Kier alpha value is -3.94. The molecule has 3 N–H and O–H groups in total. The Bertz CT molecular complexity index is 1420. The van der Waals surface area contributed by atoms with Crippen LogP contribution in [0.15, 0.2) is 48.8 Å². The number of hydrogen-bond donors (Lipinski definition) is 2. The number of amides is 1. The summed E-state index contributed by atoms with van der Waals surface area (Å²) in [5, 5.41) is 3.39. The van der Waals surface area contributed by atoms with E-state index in [1.807, 2.05) is 22.7 Å². The molecule has 0 saturated heterocycles. The van der Waals surface area contributed by atoms with Gasteiger partial charge in [0.1, 0.15) is 0 Å². The van der Waals surface area contributed by atoms with E-state index in [4.69, 9.17) is 15.5 Å². The van der Waals surface area contributed by atoms with E-state index in [9.17, 15) is 9.18 Å². The SMILES string of the molecule is COc1ccc(-c2cn3c(-c4ccc(C(N)=O)c(C5CC5)c4)cnc3c(NCC(C)C)n2)cc1F. The number of nitrogens with one attached hydrogen (secondary N) is 1. The molecule has 35 heavy (non-hydrogen) atoms. The van der Waals surface area contributed by atoms with Gasteiger partial charge in [-0.3, -0.25) is 9.20 Å². The summed E-state index contributed by atoms with van der Waals surface area (Å²) < 4.78 is 21.5. The summed E-state index contributed by atoms with van der Waals surface area (Å²) in [6.07, 6.45) is 5.76. The van der Waals surface area contributed by atoms with Gasteiger partial charge in [0.15, 0.2) is 23.0 Å². The van der Waals surface area contributed by atoms with Crippen molar-refractivity contribution in [3.05, 3.63) is 65.7 Å². The summed E-state index contributed by atoms with van der Waals surface area (Å²) >= 11 is 0. The number of carbonyl (C=O) groups excluding carboxylic acids is 1. The van der Waals surface area contributed by atoms with Crippen LogP contribution >= 0.6 is 0 Å². The third-order valence-electron chi connectivity index (χ3n) is 6.25. The normalized spacial score (nSPS) is 13.4. The van der Waals surface area contributed by atoms with Crippen LogP contribution in [0.4, 0.5) is 10.2 Å². The Morgan fingerprint density at radius 3 is 2.66 bits per heavy atom. The van der Waals surface area contributed by atoms with E-state index in [0.29, 0.717) is 46.7 Å². The van der Waals surface area contributed by atoms with Gasteiger partial charge in [-0.05, 0) is 60.6 Å². The Kier molecular flexibility index (Phi) is 5.88. The Labute approximate surface area is 203 Å². The first-order valence-electron chi connectivity index (χ1n) is 11.8. The van der Waals surface area contributed by atoms with E-state index in [2.05, 4.69) is 24.1 Å². The number of methoxy groups -OCH3 is 1. The van der Waals surface area contributed by atoms with E-state index in [-0.39, 0.29) is 5.75 Å². The van der Waals surface area contributed by atoms with Crippen molar-refractivity contribution in [3.8, 4) is 28.3 Å². The highest BCUT2D eigenvalue weighted by Gasteiger charge is 2.28. The fraction of sp³-hybridized carbons (Fsp3) is 0.296. The summed E-state index contributed by atoms with van der Waals surface area (Å²) in [6, 6.07) is 10.5. The van der Waals surface area contributed by atoms with Crippen molar-refractivity contribution in [2.24, 2.45) is 11.7 Å². The number of carbonyl (C=O) groups is 1. The lowest BCUT2D eigenvalue weighted by molar-refractivity contribution is 0.0999. The number of anilines is 1. The molecule has 0 atom stereocenters. The van der Waals surface area contributed by atoms with Crippen LogP contribution < -0.4 is 15.8 Å². The molecule has 1 fully saturated rings. The first-order valence-corrected chi connectivity index (χ1v) is 11.8. The predicted octanol–water partition coefficient (Wildman–Crippen LogP) is 5.26. The van der Waals surface area contributed by atoms with E-state index in [1.165, 1.54) is 13.2 Å². The molecule has 0 radical (unpaired) electrons. The molecule has 180 valence electrons. The molecule has 0 unspecified atom stereocenters. The van der Waals surface area contributed by atoms with Gasteiger partial charge in [0.2, 0.25) is 5.91 Å². The van der Waals surface area contributed by atoms with Gasteiger partial charge in [0.05, 0.1) is 24.7 Å². The molecule has 2 heterocycles. The van der Waals surface area contributed by atoms with E-state index < -0.39 is 11.7 Å². The largest absolute Gasteiger partial charge is 0.494 e. The van der Waals surface area contributed by atoms with Gasteiger partial charge in [0, 0.05) is 29.4 Å². The molecule has 0 spiro atoms. The third kappa shape index (κ3) is 4.43. The summed E-state index contributed by atoms with van der Waals surface area (Å²) in [4.78, 5) is 21.4. The highest BCUT2D eigenvalue weighted by atomic mass is 19.1. The Morgan fingerprint density at radius 2 is 2.00 bits per heavy atom. The van der Waals surface area contributed by atoms with Gasteiger partial charge in [-0.15, -0.1) is 0 Å². The molecule has 8 heteroatoms. The molecule has 2 aromatic heterocycles. The number of nitrogens with zero attached hydrogens (tertiary/aromatic N) is 3. The van der Waals surface area contributed by atoms with Crippen LogP contribution in [-0.4, -0.2) is 33.9 Å². The monoisotopic (exact) mass is 473 g/mol. The number of imidazole rings is 1. The van der Waals surface area contributed by atoms with Crippen molar-refractivity contribution in [2.75, 3.05) is 19.0 Å². The number of benzene rings is 2. The second-order valence-electron chi connectivity index (χ2n) is 9.38. The van der Waals surface area contributed by atoms with Crippen molar-refractivity contribution in [1.29, 1.82) is 0 Å². The predicted molar refractivity (Wildman–Crippen MR) is 134 cm³/mol. The maximum absolute atomic E-state index is 14.5. The summed E-state index contributed by atoms with van der Waals surface area (Å²) in [6.45, 7) is 4.94. The van der Waals surface area contributed by atoms with Crippen molar-refractivity contribution in [2.45, 2.75) is 32.6 Å². The van der Waals surface area contributed by atoms with Gasteiger partial charge in [-0.1, -0.05) is 19.9 Å². The number of hydrogen-bond acceptors (Lipinski definition) is 5. The van der Waals surface area contributed by atoms with Crippen LogP contribution in [-0.2, 0) is 0 Å². The van der Waals surface area contributed by atoms with Crippen molar-refractivity contribution < 1.29 is 13.9 Å². The number of halogens is 1. The van der Waals surface area contributed by atoms with E-state index >= 15 is 0 Å². The number of rotatable bonds is 8. The topological polar surface area (TPSA) is 94.5 Å². The number of ether oxygens (including phenoxy) is 1. The highest BCUT2D eigenvalue weighted by Crippen LogP contribution is 2.43. The molecule has 1 saturated carbocycles. The fourth-order valence-electron chi connectivity index (χ4n) is 4.26. The molecule has 7 nitrogen and oxygen atoms in total.